The molecule has 2 unspecified atom stereocenters. The van der Waals surface area contributed by atoms with E-state index in [4.69, 9.17) is 0 Å². The Bertz CT molecular complexity index is 305. The van der Waals surface area contributed by atoms with Crippen molar-refractivity contribution in [2.24, 2.45) is 5.92 Å². The highest BCUT2D eigenvalue weighted by Crippen LogP contribution is 2.22. The minimum atomic E-state index is -0.828. The molecular weight excluding hydrogens is 246 g/mol. The second kappa shape index (κ2) is 7.19. The number of thioether (sulfide) groups is 1. The van der Waals surface area contributed by atoms with Gasteiger partial charge in [0, 0.05) is 12.6 Å². The molecule has 0 aromatic carbocycles. The van der Waals surface area contributed by atoms with Crippen molar-refractivity contribution in [1.29, 1.82) is 0 Å². The molecule has 0 aromatic rings. The average molecular weight is 271 g/mol. The fraction of sp³-hybridized carbons (Fsp3) is 0.786. The predicted molar refractivity (Wildman–Crippen MR) is 77.7 cm³/mol. The molecule has 0 saturated carbocycles. The normalized spacial score (nSPS) is 21.0. The van der Waals surface area contributed by atoms with E-state index in [-0.39, 0.29) is 11.8 Å². The van der Waals surface area contributed by atoms with E-state index in [1.807, 2.05) is 25.6 Å². The van der Waals surface area contributed by atoms with E-state index in [0.717, 1.165) is 30.8 Å². The van der Waals surface area contributed by atoms with Crippen molar-refractivity contribution in [1.82, 2.24) is 5.32 Å². The first-order valence-corrected chi connectivity index (χ1v) is 7.88. The summed E-state index contributed by atoms with van der Waals surface area (Å²) in [5, 5.41) is 13.0. The largest absolute Gasteiger partial charge is 0.388 e. The summed E-state index contributed by atoms with van der Waals surface area (Å²) in [6, 6.07) is 0. The number of carbonyl (C=O) groups is 1. The zero-order chi connectivity index (χ0) is 13.6. The van der Waals surface area contributed by atoms with Gasteiger partial charge in [-0.05, 0) is 37.2 Å². The number of hydrogen-bond donors (Lipinski definition) is 2. The standard InChI is InChI=1S/C14H25NO2S/c1-4-11(2)14(3,17)10-15-13(16)9-12-5-7-18-8-6-12/h9,11,17H,4-8,10H2,1-3H3,(H,15,16). The first-order chi connectivity index (χ1) is 8.45. The summed E-state index contributed by atoms with van der Waals surface area (Å²) >= 11 is 1.94. The molecule has 0 aromatic heterocycles. The van der Waals surface area contributed by atoms with Crippen LogP contribution in [0.15, 0.2) is 11.6 Å². The van der Waals surface area contributed by atoms with E-state index in [0.29, 0.717) is 6.54 Å². The molecule has 1 aliphatic rings. The van der Waals surface area contributed by atoms with Gasteiger partial charge in [-0.15, -0.1) is 0 Å². The van der Waals surface area contributed by atoms with E-state index in [1.165, 1.54) is 5.57 Å². The monoisotopic (exact) mass is 271 g/mol. The van der Waals surface area contributed by atoms with Gasteiger partial charge in [0.15, 0.2) is 0 Å². The number of nitrogens with one attached hydrogen (secondary N) is 1. The summed E-state index contributed by atoms with van der Waals surface area (Å²) in [6.07, 6.45) is 4.65. The minimum Gasteiger partial charge on any atom is -0.388 e. The summed E-state index contributed by atoms with van der Waals surface area (Å²) in [5.74, 6) is 2.34. The molecule has 0 bridgehead atoms. The topological polar surface area (TPSA) is 49.3 Å². The fourth-order valence-electron chi connectivity index (χ4n) is 1.89. The second-order valence-corrected chi connectivity index (χ2v) is 6.52. The Morgan fingerprint density at radius 3 is 2.72 bits per heavy atom. The van der Waals surface area contributed by atoms with Gasteiger partial charge in [0.25, 0.3) is 0 Å². The van der Waals surface area contributed by atoms with Crippen molar-refractivity contribution in [3.05, 3.63) is 11.6 Å². The maximum absolute atomic E-state index is 11.8. The minimum absolute atomic E-state index is 0.0690. The van der Waals surface area contributed by atoms with Crippen LogP contribution in [0.4, 0.5) is 0 Å². The highest BCUT2D eigenvalue weighted by Gasteiger charge is 2.27. The molecule has 1 rings (SSSR count). The molecule has 18 heavy (non-hydrogen) atoms. The first-order valence-electron chi connectivity index (χ1n) is 6.73. The lowest BCUT2D eigenvalue weighted by Crippen LogP contribution is -2.44. The Morgan fingerprint density at radius 2 is 2.17 bits per heavy atom. The van der Waals surface area contributed by atoms with Crippen molar-refractivity contribution in [3.63, 3.8) is 0 Å². The van der Waals surface area contributed by atoms with Crippen molar-refractivity contribution in [2.45, 2.75) is 45.6 Å². The quantitative estimate of drug-likeness (QED) is 0.755. The molecular formula is C14H25NO2S. The van der Waals surface area contributed by atoms with Gasteiger partial charge in [-0.3, -0.25) is 4.79 Å². The molecule has 2 atom stereocenters. The Balaban J connectivity index is 2.41. The number of hydrogen-bond acceptors (Lipinski definition) is 3. The summed E-state index contributed by atoms with van der Waals surface area (Å²) in [6.45, 7) is 6.15. The fourth-order valence-corrected chi connectivity index (χ4v) is 2.91. The lowest BCUT2D eigenvalue weighted by molar-refractivity contribution is -0.118. The lowest BCUT2D eigenvalue weighted by Gasteiger charge is -2.29. The number of rotatable bonds is 5. The Labute approximate surface area is 114 Å². The molecule has 4 heteroatoms. The molecule has 1 heterocycles. The number of amides is 1. The number of carbonyl (C=O) groups excluding carboxylic acids is 1. The summed E-state index contributed by atoms with van der Waals surface area (Å²) in [5.41, 5.74) is 0.403. The van der Waals surface area contributed by atoms with Gasteiger partial charge in [0.2, 0.25) is 5.91 Å². The van der Waals surface area contributed by atoms with Crippen LogP contribution in [0, 0.1) is 5.92 Å². The van der Waals surface area contributed by atoms with E-state index in [2.05, 4.69) is 5.32 Å². The van der Waals surface area contributed by atoms with Gasteiger partial charge in [-0.25, -0.2) is 0 Å². The highest BCUT2D eigenvalue weighted by molar-refractivity contribution is 7.99. The maximum Gasteiger partial charge on any atom is 0.244 e. The molecule has 2 N–H and O–H groups in total. The summed E-state index contributed by atoms with van der Waals surface area (Å²) in [7, 11) is 0. The molecule has 104 valence electrons. The number of aliphatic hydroxyl groups is 1. The lowest BCUT2D eigenvalue weighted by atomic mass is 9.88. The van der Waals surface area contributed by atoms with Crippen LogP contribution in [-0.2, 0) is 4.79 Å². The van der Waals surface area contributed by atoms with Crippen LogP contribution in [-0.4, -0.2) is 34.7 Å². The van der Waals surface area contributed by atoms with Crippen molar-refractivity contribution in [2.75, 3.05) is 18.1 Å². The Kier molecular flexibility index (Phi) is 6.22. The van der Waals surface area contributed by atoms with Crippen LogP contribution in [0.2, 0.25) is 0 Å². The van der Waals surface area contributed by atoms with Crippen molar-refractivity contribution < 1.29 is 9.90 Å². The van der Waals surface area contributed by atoms with Crippen LogP contribution >= 0.6 is 11.8 Å². The molecule has 1 aliphatic heterocycles. The van der Waals surface area contributed by atoms with Gasteiger partial charge in [-0.2, -0.15) is 11.8 Å². The van der Waals surface area contributed by atoms with E-state index in [1.54, 1.807) is 13.0 Å². The smallest absolute Gasteiger partial charge is 0.244 e. The Morgan fingerprint density at radius 1 is 1.56 bits per heavy atom. The second-order valence-electron chi connectivity index (χ2n) is 5.30. The zero-order valence-corrected chi connectivity index (χ0v) is 12.5. The Hall–Kier alpha value is -0.480. The first kappa shape index (κ1) is 15.6. The SMILES string of the molecule is CCC(C)C(C)(O)CNC(=O)C=C1CCSCC1. The van der Waals surface area contributed by atoms with E-state index >= 15 is 0 Å². The van der Waals surface area contributed by atoms with Crippen LogP contribution in [0.1, 0.15) is 40.0 Å². The van der Waals surface area contributed by atoms with Gasteiger partial charge < -0.3 is 10.4 Å². The maximum atomic E-state index is 11.8. The van der Waals surface area contributed by atoms with Crippen molar-refractivity contribution >= 4 is 17.7 Å². The highest BCUT2D eigenvalue weighted by atomic mass is 32.2. The summed E-state index contributed by atoms with van der Waals surface area (Å²) < 4.78 is 0. The van der Waals surface area contributed by atoms with Gasteiger partial charge in [-0.1, -0.05) is 25.8 Å². The molecule has 1 saturated heterocycles. The molecule has 3 nitrogen and oxygen atoms in total. The van der Waals surface area contributed by atoms with Gasteiger partial charge in [0.05, 0.1) is 5.60 Å². The number of allylic oxidation sites excluding steroid dienone is 1. The zero-order valence-electron chi connectivity index (χ0n) is 11.7. The van der Waals surface area contributed by atoms with Crippen LogP contribution < -0.4 is 5.32 Å². The van der Waals surface area contributed by atoms with Crippen LogP contribution in [0.25, 0.3) is 0 Å². The van der Waals surface area contributed by atoms with Crippen LogP contribution in [0.5, 0.6) is 0 Å². The van der Waals surface area contributed by atoms with Gasteiger partial charge in [0.1, 0.15) is 0 Å². The van der Waals surface area contributed by atoms with Crippen molar-refractivity contribution in [3.8, 4) is 0 Å². The molecule has 0 radical (unpaired) electrons. The van der Waals surface area contributed by atoms with E-state index in [9.17, 15) is 9.90 Å². The third-order valence-corrected chi connectivity index (χ3v) is 4.75. The average Bonchev–Trinajstić information content (AvgIpc) is 2.36. The van der Waals surface area contributed by atoms with Crippen LogP contribution in [0.3, 0.4) is 0 Å². The third kappa shape index (κ3) is 5.02. The summed E-state index contributed by atoms with van der Waals surface area (Å²) in [4.78, 5) is 11.8. The third-order valence-electron chi connectivity index (χ3n) is 3.76. The molecule has 0 aliphatic carbocycles. The van der Waals surface area contributed by atoms with E-state index < -0.39 is 5.60 Å². The molecule has 1 amide bonds. The van der Waals surface area contributed by atoms with Gasteiger partial charge >= 0.3 is 0 Å². The molecule has 0 spiro atoms. The predicted octanol–water partition coefficient (Wildman–Crippen LogP) is 2.35. The molecule has 1 fully saturated rings.